The number of sulfonamides is 1. The third-order valence-electron chi connectivity index (χ3n) is 2.27. The van der Waals surface area contributed by atoms with Gasteiger partial charge in [0.1, 0.15) is 17.5 Å². The van der Waals surface area contributed by atoms with Crippen LogP contribution in [0.4, 0.5) is 0 Å². The molecule has 0 amide bonds. The summed E-state index contributed by atoms with van der Waals surface area (Å²) in [6.45, 7) is 3.06. The lowest BCUT2D eigenvalue weighted by molar-refractivity contribution is 0.385. The van der Waals surface area contributed by atoms with Gasteiger partial charge in [-0.25, -0.2) is 13.4 Å². The SMILES string of the molecule is CC(C)N(CC#N)S(=O)(=O)c1cccnc1C#N. The normalized spacial score (nSPS) is 11.2. The number of rotatable bonds is 4. The van der Waals surface area contributed by atoms with Crippen molar-refractivity contribution in [1.29, 1.82) is 10.5 Å². The Hall–Kier alpha value is -1.96. The lowest BCUT2D eigenvalue weighted by Gasteiger charge is -2.23. The molecule has 0 aliphatic carbocycles. The highest BCUT2D eigenvalue weighted by Crippen LogP contribution is 2.19. The molecule has 6 nitrogen and oxygen atoms in total. The molecule has 0 aliphatic heterocycles. The van der Waals surface area contributed by atoms with E-state index in [0.717, 1.165) is 4.31 Å². The van der Waals surface area contributed by atoms with E-state index in [1.54, 1.807) is 26.0 Å². The van der Waals surface area contributed by atoms with Gasteiger partial charge in [-0.1, -0.05) is 0 Å². The predicted octanol–water partition coefficient (Wildman–Crippen LogP) is 0.876. The predicted molar refractivity (Wildman–Crippen MR) is 63.6 cm³/mol. The molecule has 0 saturated heterocycles. The van der Waals surface area contributed by atoms with E-state index in [-0.39, 0.29) is 23.2 Å². The highest BCUT2D eigenvalue weighted by atomic mass is 32.2. The summed E-state index contributed by atoms with van der Waals surface area (Å²) < 4.78 is 25.7. The second-order valence-electron chi connectivity index (χ2n) is 3.76. The van der Waals surface area contributed by atoms with Crippen LogP contribution in [-0.2, 0) is 10.0 Å². The Balaban J connectivity index is 3.38. The highest BCUT2D eigenvalue weighted by molar-refractivity contribution is 7.89. The number of hydrogen-bond donors (Lipinski definition) is 0. The van der Waals surface area contributed by atoms with E-state index in [0.29, 0.717) is 0 Å². The van der Waals surface area contributed by atoms with Gasteiger partial charge >= 0.3 is 0 Å². The maximum Gasteiger partial charge on any atom is 0.247 e. The number of pyridine rings is 1. The van der Waals surface area contributed by atoms with E-state index < -0.39 is 10.0 Å². The molecule has 0 aromatic carbocycles. The quantitative estimate of drug-likeness (QED) is 0.752. The lowest BCUT2D eigenvalue weighted by atomic mass is 10.4. The van der Waals surface area contributed by atoms with Crippen molar-refractivity contribution >= 4 is 10.0 Å². The van der Waals surface area contributed by atoms with Crippen LogP contribution in [0.15, 0.2) is 23.2 Å². The lowest BCUT2D eigenvalue weighted by Crippen LogP contribution is -2.37. The molecule has 94 valence electrons. The van der Waals surface area contributed by atoms with Crippen LogP contribution < -0.4 is 0 Å². The van der Waals surface area contributed by atoms with Gasteiger partial charge in [0.25, 0.3) is 0 Å². The molecule has 0 fully saturated rings. The molecule has 7 heteroatoms. The second kappa shape index (κ2) is 5.58. The summed E-state index contributed by atoms with van der Waals surface area (Å²) >= 11 is 0. The molecule has 0 saturated carbocycles. The van der Waals surface area contributed by atoms with Gasteiger partial charge in [-0.15, -0.1) is 0 Å². The van der Waals surface area contributed by atoms with Crippen molar-refractivity contribution in [2.45, 2.75) is 24.8 Å². The Morgan fingerprint density at radius 2 is 2.11 bits per heavy atom. The molecule has 1 aromatic rings. The summed E-state index contributed by atoms with van der Waals surface area (Å²) in [6.07, 6.45) is 1.35. The molecule has 1 rings (SSSR count). The minimum absolute atomic E-state index is 0.166. The zero-order chi connectivity index (χ0) is 13.8. The van der Waals surface area contributed by atoms with Crippen molar-refractivity contribution in [3.05, 3.63) is 24.0 Å². The van der Waals surface area contributed by atoms with Crippen molar-refractivity contribution < 1.29 is 8.42 Å². The Bertz CT molecular complexity index is 611. The van der Waals surface area contributed by atoms with Crippen LogP contribution in [0, 0.1) is 22.7 Å². The van der Waals surface area contributed by atoms with Gasteiger partial charge < -0.3 is 0 Å². The Labute approximate surface area is 106 Å². The fourth-order valence-electron chi connectivity index (χ4n) is 1.42. The monoisotopic (exact) mass is 264 g/mol. The number of nitriles is 2. The van der Waals surface area contributed by atoms with Crippen LogP contribution in [0.1, 0.15) is 19.5 Å². The van der Waals surface area contributed by atoms with Gasteiger partial charge in [0.15, 0.2) is 5.69 Å². The van der Waals surface area contributed by atoms with Crippen molar-refractivity contribution in [3.8, 4) is 12.1 Å². The van der Waals surface area contributed by atoms with Crippen molar-refractivity contribution in [3.63, 3.8) is 0 Å². The van der Waals surface area contributed by atoms with Gasteiger partial charge in [-0.3, -0.25) is 0 Å². The molecule has 0 atom stereocenters. The first-order valence-electron chi connectivity index (χ1n) is 5.19. The maximum atomic E-state index is 12.3. The van der Waals surface area contributed by atoms with E-state index in [2.05, 4.69) is 4.98 Å². The van der Waals surface area contributed by atoms with Crippen molar-refractivity contribution in [2.75, 3.05) is 6.54 Å². The van der Waals surface area contributed by atoms with Crippen molar-refractivity contribution in [2.24, 2.45) is 0 Å². The van der Waals surface area contributed by atoms with E-state index in [9.17, 15) is 8.42 Å². The molecule has 0 aliphatic rings. The highest BCUT2D eigenvalue weighted by Gasteiger charge is 2.29. The second-order valence-corrected chi connectivity index (χ2v) is 5.62. The molecule has 0 unspecified atom stereocenters. The van der Waals surface area contributed by atoms with Gasteiger partial charge in [-0.2, -0.15) is 14.8 Å². The van der Waals surface area contributed by atoms with E-state index in [1.807, 2.05) is 0 Å². The molecule has 18 heavy (non-hydrogen) atoms. The van der Waals surface area contributed by atoms with E-state index in [4.69, 9.17) is 10.5 Å². The zero-order valence-electron chi connectivity index (χ0n) is 10.0. The minimum atomic E-state index is -3.88. The third-order valence-corrected chi connectivity index (χ3v) is 4.32. The third kappa shape index (κ3) is 2.65. The van der Waals surface area contributed by atoms with E-state index >= 15 is 0 Å². The largest absolute Gasteiger partial charge is 0.247 e. The summed E-state index contributed by atoms with van der Waals surface area (Å²) in [6, 6.07) is 5.93. The Morgan fingerprint density at radius 1 is 1.44 bits per heavy atom. The van der Waals surface area contributed by atoms with E-state index in [1.165, 1.54) is 18.3 Å². The number of hydrogen-bond acceptors (Lipinski definition) is 5. The van der Waals surface area contributed by atoms with Crippen LogP contribution in [0.3, 0.4) is 0 Å². The molecule has 0 N–H and O–H groups in total. The average molecular weight is 264 g/mol. The summed E-state index contributed by atoms with van der Waals surface area (Å²) in [7, 11) is -3.88. The minimum Gasteiger partial charge on any atom is -0.244 e. The topological polar surface area (TPSA) is 97.8 Å². The first kappa shape index (κ1) is 14.1. The van der Waals surface area contributed by atoms with Crippen LogP contribution in [0.5, 0.6) is 0 Å². The number of aromatic nitrogens is 1. The van der Waals surface area contributed by atoms with Gasteiger partial charge in [0.2, 0.25) is 10.0 Å². The standard InChI is InChI=1S/C11H12N4O2S/c1-9(2)15(7-5-12)18(16,17)11-4-3-6-14-10(11)8-13/h3-4,6,9H,7H2,1-2H3. The first-order valence-corrected chi connectivity index (χ1v) is 6.63. The first-order chi connectivity index (χ1) is 8.45. The summed E-state index contributed by atoms with van der Waals surface area (Å²) in [5, 5.41) is 17.6. The van der Waals surface area contributed by atoms with Crippen LogP contribution in [0.2, 0.25) is 0 Å². The maximum absolute atomic E-state index is 12.3. The smallest absolute Gasteiger partial charge is 0.244 e. The molecule has 0 radical (unpaired) electrons. The summed E-state index contributed by atoms with van der Waals surface area (Å²) in [5.74, 6) is 0. The average Bonchev–Trinajstić information content (AvgIpc) is 2.35. The van der Waals surface area contributed by atoms with Gasteiger partial charge in [-0.05, 0) is 26.0 Å². The fraction of sp³-hybridized carbons (Fsp3) is 0.364. The van der Waals surface area contributed by atoms with Crippen LogP contribution in [0.25, 0.3) is 0 Å². The zero-order valence-corrected chi connectivity index (χ0v) is 10.8. The fourth-order valence-corrected chi connectivity index (χ4v) is 3.05. The molecule has 1 heterocycles. The van der Waals surface area contributed by atoms with Crippen molar-refractivity contribution in [1.82, 2.24) is 9.29 Å². The molecular weight excluding hydrogens is 252 g/mol. The summed E-state index contributed by atoms with van der Waals surface area (Å²) in [5.41, 5.74) is -0.166. The van der Waals surface area contributed by atoms with Gasteiger partial charge in [0.05, 0.1) is 6.07 Å². The molecule has 1 aromatic heterocycles. The summed E-state index contributed by atoms with van der Waals surface area (Å²) in [4.78, 5) is 3.55. The molecule has 0 bridgehead atoms. The number of nitrogens with zero attached hydrogens (tertiary/aromatic N) is 4. The van der Waals surface area contributed by atoms with Crippen LogP contribution >= 0.6 is 0 Å². The molecule has 0 spiro atoms. The van der Waals surface area contributed by atoms with Gasteiger partial charge in [0, 0.05) is 12.2 Å². The Kier molecular flexibility index (Phi) is 4.38. The van der Waals surface area contributed by atoms with Crippen LogP contribution in [-0.4, -0.2) is 30.3 Å². The Morgan fingerprint density at radius 3 is 2.61 bits per heavy atom. The molecular formula is C11H12N4O2S.